The summed E-state index contributed by atoms with van der Waals surface area (Å²) in [5.41, 5.74) is 2.93. The van der Waals surface area contributed by atoms with Gasteiger partial charge in [0.25, 0.3) is 0 Å². The smallest absolute Gasteiger partial charge is 0.329 e. The molecule has 2 heterocycles. The number of hydrogen-bond donors (Lipinski definition) is 1. The lowest BCUT2D eigenvalue weighted by Gasteiger charge is -2.24. The van der Waals surface area contributed by atoms with Gasteiger partial charge in [0.2, 0.25) is 5.91 Å². The Morgan fingerprint density at radius 3 is 2.48 bits per heavy atom. The zero-order valence-electron chi connectivity index (χ0n) is 16.0. The molecule has 27 heavy (non-hydrogen) atoms. The zero-order valence-corrected chi connectivity index (χ0v) is 16.8. The topological polar surface area (TPSA) is 59.3 Å². The van der Waals surface area contributed by atoms with Crippen LogP contribution in [0.5, 0.6) is 0 Å². The molecule has 7 heteroatoms. The van der Waals surface area contributed by atoms with Crippen LogP contribution in [0.1, 0.15) is 24.9 Å². The number of amides is 1. The minimum Gasteiger partial charge on any atom is -0.354 e. The number of carbonyl (C=O) groups excluding carboxylic acids is 1. The number of hydrogen-bond acceptors (Lipinski definition) is 4. The van der Waals surface area contributed by atoms with Crippen molar-refractivity contribution in [3.05, 3.63) is 57.1 Å². The van der Waals surface area contributed by atoms with Crippen molar-refractivity contribution in [1.29, 1.82) is 0 Å². The largest absolute Gasteiger partial charge is 0.354 e. The summed E-state index contributed by atoms with van der Waals surface area (Å²) in [7, 11) is 4.02. The van der Waals surface area contributed by atoms with E-state index < -0.39 is 0 Å². The monoisotopic (exact) mass is 386 g/mol. The van der Waals surface area contributed by atoms with Gasteiger partial charge in [-0.2, -0.15) is 11.3 Å². The van der Waals surface area contributed by atoms with E-state index in [2.05, 4.69) is 21.7 Å². The Bertz CT molecular complexity index is 956. The Balaban J connectivity index is 1.65. The summed E-state index contributed by atoms with van der Waals surface area (Å²) < 4.78 is 3.44. The Kier molecular flexibility index (Phi) is 6.13. The molecule has 3 aromatic rings. The van der Waals surface area contributed by atoms with E-state index in [1.165, 1.54) is 5.56 Å². The van der Waals surface area contributed by atoms with Crippen LogP contribution in [-0.2, 0) is 17.9 Å². The van der Waals surface area contributed by atoms with Crippen molar-refractivity contribution in [2.24, 2.45) is 0 Å². The van der Waals surface area contributed by atoms with Crippen LogP contribution in [0.2, 0.25) is 0 Å². The molecule has 0 radical (unpaired) electrons. The minimum atomic E-state index is -0.0593. The van der Waals surface area contributed by atoms with E-state index in [0.29, 0.717) is 19.6 Å². The first-order valence-corrected chi connectivity index (χ1v) is 10.1. The molecule has 6 nitrogen and oxygen atoms in total. The summed E-state index contributed by atoms with van der Waals surface area (Å²) in [5.74, 6) is -0.0442. The predicted octanol–water partition coefficient (Wildman–Crippen LogP) is 2.69. The average Bonchev–Trinajstić information content (AvgIpc) is 3.26. The number of aromatic nitrogens is 2. The van der Waals surface area contributed by atoms with Crippen LogP contribution >= 0.6 is 11.3 Å². The van der Waals surface area contributed by atoms with E-state index >= 15 is 0 Å². The lowest BCUT2D eigenvalue weighted by atomic mass is 10.1. The molecule has 0 saturated heterocycles. The van der Waals surface area contributed by atoms with Crippen LogP contribution in [-0.4, -0.2) is 40.6 Å². The van der Waals surface area contributed by atoms with Gasteiger partial charge in [-0.3, -0.25) is 13.9 Å². The van der Waals surface area contributed by atoms with E-state index in [1.807, 2.05) is 50.7 Å². The van der Waals surface area contributed by atoms with Gasteiger partial charge in [-0.1, -0.05) is 12.1 Å². The lowest BCUT2D eigenvalue weighted by molar-refractivity contribution is -0.121. The molecule has 144 valence electrons. The fourth-order valence-electron chi connectivity index (χ4n) is 3.37. The molecule has 0 fully saturated rings. The third kappa shape index (κ3) is 4.14. The molecule has 3 rings (SSSR count). The SMILES string of the molecule is CCn1c(=O)n(CCC(=O)NCC(c2ccsc2)N(C)C)c2ccccc21. The van der Waals surface area contributed by atoms with Crippen LogP contribution in [0.15, 0.2) is 45.9 Å². The van der Waals surface area contributed by atoms with Crippen molar-refractivity contribution >= 4 is 28.3 Å². The molecule has 1 amide bonds. The van der Waals surface area contributed by atoms with Crippen molar-refractivity contribution in [2.75, 3.05) is 20.6 Å². The first-order chi connectivity index (χ1) is 13.0. The molecule has 0 spiro atoms. The number of imidazole rings is 1. The fourth-order valence-corrected chi connectivity index (χ4v) is 4.08. The Morgan fingerprint density at radius 1 is 1.19 bits per heavy atom. The summed E-state index contributed by atoms with van der Waals surface area (Å²) >= 11 is 1.65. The maximum Gasteiger partial charge on any atom is 0.329 e. The van der Waals surface area contributed by atoms with Gasteiger partial charge in [-0.15, -0.1) is 0 Å². The summed E-state index contributed by atoms with van der Waals surface area (Å²) in [4.78, 5) is 27.1. The van der Waals surface area contributed by atoms with E-state index in [9.17, 15) is 9.59 Å². The summed E-state index contributed by atoms with van der Waals surface area (Å²) in [6, 6.07) is 9.95. The Morgan fingerprint density at radius 2 is 1.89 bits per heavy atom. The average molecular weight is 387 g/mol. The van der Waals surface area contributed by atoms with E-state index in [0.717, 1.165) is 11.0 Å². The summed E-state index contributed by atoms with van der Waals surface area (Å²) in [5, 5.41) is 7.17. The minimum absolute atomic E-state index is 0.0442. The van der Waals surface area contributed by atoms with Gasteiger partial charge in [-0.05, 0) is 55.5 Å². The third-order valence-corrected chi connectivity index (χ3v) is 5.55. The van der Waals surface area contributed by atoms with Gasteiger partial charge in [0, 0.05) is 26.1 Å². The second-order valence-corrected chi connectivity index (χ2v) is 7.54. The number of rotatable bonds is 8. The lowest BCUT2D eigenvalue weighted by Crippen LogP contribution is -2.35. The van der Waals surface area contributed by atoms with E-state index in [-0.39, 0.29) is 24.1 Å². The zero-order chi connectivity index (χ0) is 19.4. The number of carbonyl (C=O) groups is 1. The van der Waals surface area contributed by atoms with Gasteiger partial charge < -0.3 is 10.2 Å². The molecular weight excluding hydrogens is 360 g/mol. The highest BCUT2D eigenvalue weighted by Crippen LogP contribution is 2.20. The number of benzene rings is 1. The molecule has 0 aliphatic rings. The molecule has 1 aromatic carbocycles. The summed E-state index contributed by atoms with van der Waals surface area (Å²) in [6.07, 6.45) is 0.279. The van der Waals surface area contributed by atoms with Crippen molar-refractivity contribution in [3.63, 3.8) is 0 Å². The first kappa shape index (κ1) is 19.4. The molecule has 2 aromatic heterocycles. The Hall–Kier alpha value is -2.38. The third-order valence-electron chi connectivity index (χ3n) is 4.85. The van der Waals surface area contributed by atoms with Crippen LogP contribution < -0.4 is 11.0 Å². The number of likely N-dealkylation sites (N-methyl/N-ethyl adjacent to an activating group) is 1. The highest BCUT2D eigenvalue weighted by atomic mass is 32.1. The molecule has 0 aliphatic carbocycles. The Labute approximate surface area is 163 Å². The number of nitrogens with zero attached hydrogens (tertiary/aromatic N) is 3. The highest BCUT2D eigenvalue weighted by Gasteiger charge is 2.16. The standard InChI is InChI=1S/C20H26N4O2S/c1-4-23-16-7-5-6-8-17(16)24(20(23)26)11-9-19(25)21-13-18(22(2)3)15-10-12-27-14-15/h5-8,10,12,14,18H,4,9,11,13H2,1-3H3,(H,21,25). The number of para-hydroxylation sites is 2. The molecule has 0 bridgehead atoms. The molecule has 1 unspecified atom stereocenters. The number of aryl methyl sites for hydroxylation is 2. The molecular formula is C20H26N4O2S. The molecule has 1 N–H and O–H groups in total. The maximum atomic E-state index is 12.6. The van der Waals surface area contributed by atoms with E-state index in [1.54, 1.807) is 20.5 Å². The van der Waals surface area contributed by atoms with Crippen molar-refractivity contribution in [2.45, 2.75) is 32.5 Å². The van der Waals surface area contributed by atoms with Crippen LogP contribution in [0, 0.1) is 0 Å². The summed E-state index contributed by atoms with van der Waals surface area (Å²) in [6.45, 7) is 3.50. The van der Waals surface area contributed by atoms with Crippen molar-refractivity contribution < 1.29 is 4.79 Å². The van der Waals surface area contributed by atoms with Crippen LogP contribution in [0.3, 0.4) is 0 Å². The van der Waals surface area contributed by atoms with E-state index in [4.69, 9.17) is 0 Å². The maximum absolute atomic E-state index is 12.6. The van der Waals surface area contributed by atoms with Gasteiger partial charge >= 0.3 is 5.69 Å². The van der Waals surface area contributed by atoms with Gasteiger partial charge in [0.15, 0.2) is 0 Å². The highest BCUT2D eigenvalue weighted by molar-refractivity contribution is 7.07. The number of nitrogens with one attached hydrogen (secondary N) is 1. The van der Waals surface area contributed by atoms with Gasteiger partial charge in [0.1, 0.15) is 0 Å². The molecule has 0 aliphatic heterocycles. The number of thiophene rings is 1. The van der Waals surface area contributed by atoms with Crippen LogP contribution in [0.4, 0.5) is 0 Å². The fraction of sp³-hybridized carbons (Fsp3) is 0.400. The van der Waals surface area contributed by atoms with Gasteiger partial charge in [-0.25, -0.2) is 4.79 Å². The molecule has 1 atom stereocenters. The first-order valence-electron chi connectivity index (χ1n) is 9.16. The normalized spacial score (nSPS) is 12.6. The quantitative estimate of drug-likeness (QED) is 0.648. The second-order valence-electron chi connectivity index (χ2n) is 6.76. The van der Waals surface area contributed by atoms with Crippen molar-refractivity contribution in [3.8, 4) is 0 Å². The van der Waals surface area contributed by atoms with Gasteiger partial charge in [0.05, 0.1) is 17.1 Å². The van der Waals surface area contributed by atoms with Crippen LogP contribution in [0.25, 0.3) is 11.0 Å². The van der Waals surface area contributed by atoms with Crippen molar-refractivity contribution in [1.82, 2.24) is 19.4 Å². The molecule has 0 saturated carbocycles. The number of fused-ring (bicyclic) bond motifs is 1. The predicted molar refractivity (Wildman–Crippen MR) is 110 cm³/mol. The second kappa shape index (κ2) is 8.54.